The van der Waals surface area contributed by atoms with Crippen molar-refractivity contribution in [3.8, 4) is 0 Å². The topological polar surface area (TPSA) is 41.3 Å². The van der Waals surface area contributed by atoms with Gasteiger partial charge in [-0.1, -0.05) is 13.8 Å². The first kappa shape index (κ1) is 12.2. The summed E-state index contributed by atoms with van der Waals surface area (Å²) >= 11 is 0. The summed E-state index contributed by atoms with van der Waals surface area (Å²) in [6.07, 6.45) is 3.22. The minimum absolute atomic E-state index is 0.477. The van der Waals surface area contributed by atoms with Crippen LogP contribution in [0.4, 0.5) is 0 Å². The second-order valence-corrected chi connectivity index (χ2v) is 4.46. The Morgan fingerprint density at radius 2 is 2.20 bits per heavy atom. The van der Waals surface area contributed by atoms with E-state index in [0.717, 1.165) is 18.8 Å². The minimum atomic E-state index is 0.477. The fourth-order valence-corrected chi connectivity index (χ4v) is 1.47. The van der Waals surface area contributed by atoms with Gasteiger partial charge in [-0.2, -0.15) is 0 Å². The summed E-state index contributed by atoms with van der Waals surface area (Å²) in [5, 5.41) is 3.48. The zero-order valence-corrected chi connectivity index (χ0v) is 10.0. The maximum absolute atomic E-state index is 5.18. The molecule has 0 saturated heterocycles. The molecule has 4 nitrogen and oxygen atoms in total. The quantitative estimate of drug-likeness (QED) is 0.771. The van der Waals surface area contributed by atoms with E-state index in [1.807, 2.05) is 0 Å². The molecule has 4 heteroatoms. The van der Waals surface area contributed by atoms with Gasteiger partial charge in [-0.25, -0.2) is 4.98 Å². The van der Waals surface area contributed by atoms with Gasteiger partial charge < -0.3 is 14.6 Å². The molecular formula is C11H21N3O. The summed E-state index contributed by atoms with van der Waals surface area (Å²) in [4.78, 5) is 6.08. The van der Waals surface area contributed by atoms with Crippen molar-refractivity contribution in [3.63, 3.8) is 0 Å². The van der Waals surface area contributed by atoms with Crippen LogP contribution >= 0.6 is 0 Å². The summed E-state index contributed by atoms with van der Waals surface area (Å²) in [6.45, 7) is 6.23. The van der Waals surface area contributed by atoms with E-state index in [1.54, 1.807) is 6.20 Å². The molecule has 15 heavy (non-hydrogen) atoms. The van der Waals surface area contributed by atoms with Crippen molar-refractivity contribution < 1.29 is 4.42 Å². The van der Waals surface area contributed by atoms with E-state index in [9.17, 15) is 0 Å². The van der Waals surface area contributed by atoms with Crippen LogP contribution in [0.3, 0.4) is 0 Å². The fourth-order valence-electron chi connectivity index (χ4n) is 1.47. The number of oxazole rings is 1. The van der Waals surface area contributed by atoms with Gasteiger partial charge in [-0.05, 0) is 20.0 Å². The standard InChI is InChI=1S/C11H21N3O/c1-9(2)11(7-14(3)4)13-6-10-5-12-8-15-10/h5,8-9,11,13H,6-7H2,1-4H3. The van der Waals surface area contributed by atoms with Crippen molar-refractivity contribution >= 4 is 0 Å². The van der Waals surface area contributed by atoms with Crippen LogP contribution in [0.15, 0.2) is 17.0 Å². The third-order valence-electron chi connectivity index (χ3n) is 2.39. The molecule has 0 fully saturated rings. The molecule has 0 bridgehead atoms. The Balaban J connectivity index is 2.38. The first-order valence-electron chi connectivity index (χ1n) is 5.35. The van der Waals surface area contributed by atoms with Crippen LogP contribution < -0.4 is 5.32 Å². The maximum Gasteiger partial charge on any atom is 0.180 e. The van der Waals surface area contributed by atoms with Gasteiger partial charge in [0.1, 0.15) is 5.76 Å². The normalized spacial score (nSPS) is 13.7. The number of nitrogens with zero attached hydrogens (tertiary/aromatic N) is 2. The summed E-state index contributed by atoms with van der Waals surface area (Å²) in [7, 11) is 4.18. The Bertz CT molecular complexity index is 257. The summed E-state index contributed by atoms with van der Waals surface area (Å²) in [5.74, 6) is 1.50. The lowest BCUT2D eigenvalue weighted by Crippen LogP contribution is -2.41. The molecule has 1 aromatic rings. The van der Waals surface area contributed by atoms with Crippen LogP contribution in [-0.4, -0.2) is 36.6 Å². The highest BCUT2D eigenvalue weighted by Crippen LogP contribution is 2.04. The molecule has 1 rings (SSSR count). The lowest BCUT2D eigenvalue weighted by Gasteiger charge is -2.25. The molecule has 1 unspecified atom stereocenters. The van der Waals surface area contributed by atoms with Crippen molar-refractivity contribution in [2.24, 2.45) is 5.92 Å². The van der Waals surface area contributed by atoms with Gasteiger partial charge in [-0.3, -0.25) is 0 Å². The molecule has 0 spiro atoms. The number of likely N-dealkylation sites (N-methyl/N-ethyl adjacent to an activating group) is 1. The average molecular weight is 211 g/mol. The van der Waals surface area contributed by atoms with E-state index in [1.165, 1.54) is 6.39 Å². The molecule has 1 atom stereocenters. The Kier molecular flexibility index (Phi) is 4.78. The fraction of sp³-hybridized carbons (Fsp3) is 0.727. The first-order chi connectivity index (χ1) is 7.09. The maximum atomic E-state index is 5.18. The molecule has 0 aliphatic heterocycles. The largest absolute Gasteiger partial charge is 0.447 e. The molecule has 0 radical (unpaired) electrons. The Hall–Kier alpha value is -0.870. The Labute approximate surface area is 91.7 Å². The predicted octanol–water partition coefficient (Wildman–Crippen LogP) is 1.35. The molecule has 86 valence electrons. The van der Waals surface area contributed by atoms with Crippen LogP contribution in [0.1, 0.15) is 19.6 Å². The van der Waals surface area contributed by atoms with E-state index in [0.29, 0.717) is 12.0 Å². The van der Waals surface area contributed by atoms with Crippen molar-refractivity contribution in [1.82, 2.24) is 15.2 Å². The zero-order valence-electron chi connectivity index (χ0n) is 10.0. The molecule has 0 aliphatic rings. The van der Waals surface area contributed by atoms with E-state index in [-0.39, 0.29) is 0 Å². The first-order valence-corrected chi connectivity index (χ1v) is 5.35. The molecule has 1 N–H and O–H groups in total. The van der Waals surface area contributed by atoms with Crippen molar-refractivity contribution in [1.29, 1.82) is 0 Å². The molecular weight excluding hydrogens is 190 g/mol. The van der Waals surface area contributed by atoms with Crippen molar-refractivity contribution in [3.05, 3.63) is 18.4 Å². The molecule has 0 aromatic carbocycles. The molecule has 0 saturated carbocycles. The SMILES string of the molecule is CC(C)C(CN(C)C)NCc1cnco1. The van der Waals surface area contributed by atoms with E-state index in [4.69, 9.17) is 4.42 Å². The van der Waals surface area contributed by atoms with Gasteiger partial charge in [-0.15, -0.1) is 0 Å². The smallest absolute Gasteiger partial charge is 0.180 e. The molecule has 0 amide bonds. The van der Waals surface area contributed by atoms with Gasteiger partial charge >= 0.3 is 0 Å². The number of rotatable bonds is 6. The summed E-state index contributed by atoms with van der Waals surface area (Å²) < 4.78 is 5.18. The Morgan fingerprint density at radius 1 is 1.47 bits per heavy atom. The van der Waals surface area contributed by atoms with Gasteiger partial charge in [0.05, 0.1) is 12.7 Å². The van der Waals surface area contributed by atoms with Gasteiger partial charge in [0.25, 0.3) is 0 Å². The van der Waals surface area contributed by atoms with Gasteiger partial charge in [0, 0.05) is 12.6 Å². The molecule has 1 aromatic heterocycles. The third kappa shape index (κ3) is 4.44. The van der Waals surface area contributed by atoms with Gasteiger partial charge in [0.2, 0.25) is 0 Å². The summed E-state index contributed by atoms with van der Waals surface area (Å²) in [6, 6.07) is 0.477. The van der Waals surface area contributed by atoms with Gasteiger partial charge in [0.15, 0.2) is 6.39 Å². The van der Waals surface area contributed by atoms with Crippen LogP contribution in [0.5, 0.6) is 0 Å². The van der Waals surface area contributed by atoms with Crippen LogP contribution in [0, 0.1) is 5.92 Å². The summed E-state index contributed by atoms with van der Waals surface area (Å²) in [5.41, 5.74) is 0. The van der Waals surface area contributed by atoms with E-state index in [2.05, 4.69) is 43.1 Å². The lowest BCUT2D eigenvalue weighted by atomic mass is 10.0. The minimum Gasteiger partial charge on any atom is -0.447 e. The van der Waals surface area contributed by atoms with Crippen LogP contribution in [-0.2, 0) is 6.54 Å². The Morgan fingerprint density at radius 3 is 2.67 bits per heavy atom. The number of aromatic nitrogens is 1. The van der Waals surface area contributed by atoms with E-state index >= 15 is 0 Å². The van der Waals surface area contributed by atoms with Crippen LogP contribution in [0.2, 0.25) is 0 Å². The third-order valence-corrected chi connectivity index (χ3v) is 2.39. The van der Waals surface area contributed by atoms with Crippen molar-refractivity contribution in [2.75, 3.05) is 20.6 Å². The second kappa shape index (κ2) is 5.88. The lowest BCUT2D eigenvalue weighted by molar-refractivity contribution is 0.282. The van der Waals surface area contributed by atoms with Crippen LogP contribution in [0.25, 0.3) is 0 Å². The second-order valence-electron chi connectivity index (χ2n) is 4.46. The zero-order chi connectivity index (χ0) is 11.3. The monoisotopic (exact) mass is 211 g/mol. The number of hydrogen-bond donors (Lipinski definition) is 1. The highest BCUT2D eigenvalue weighted by Gasteiger charge is 2.13. The van der Waals surface area contributed by atoms with Crippen molar-refractivity contribution in [2.45, 2.75) is 26.4 Å². The highest BCUT2D eigenvalue weighted by molar-refractivity contribution is 4.88. The predicted molar refractivity (Wildman–Crippen MR) is 60.5 cm³/mol. The molecule has 0 aliphatic carbocycles. The number of nitrogens with one attached hydrogen (secondary N) is 1. The highest BCUT2D eigenvalue weighted by atomic mass is 16.3. The van der Waals surface area contributed by atoms with E-state index < -0.39 is 0 Å². The molecule has 1 heterocycles. The number of hydrogen-bond acceptors (Lipinski definition) is 4. The average Bonchev–Trinajstić information content (AvgIpc) is 2.63.